The van der Waals surface area contributed by atoms with Gasteiger partial charge in [-0.25, -0.2) is 8.42 Å². The number of sulfonamides is 1. The van der Waals surface area contributed by atoms with Gasteiger partial charge in [0.05, 0.1) is 4.90 Å². The molecule has 0 radical (unpaired) electrons. The fourth-order valence-electron chi connectivity index (χ4n) is 2.49. The number of aryl methyl sites for hydroxylation is 1. The fraction of sp³-hybridized carbons (Fsp3) is 0.467. The van der Waals surface area contributed by atoms with Gasteiger partial charge in [0, 0.05) is 12.6 Å². The molecule has 4 heteroatoms. The van der Waals surface area contributed by atoms with Crippen molar-refractivity contribution in [3.63, 3.8) is 0 Å². The van der Waals surface area contributed by atoms with Crippen LogP contribution in [0.1, 0.15) is 31.7 Å². The lowest BCUT2D eigenvalue weighted by Crippen LogP contribution is -2.42. The minimum Gasteiger partial charge on any atom is -0.207 e. The van der Waals surface area contributed by atoms with Crippen LogP contribution in [0.15, 0.2) is 41.3 Å². The largest absolute Gasteiger partial charge is 0.243 e. The topological polar surface area (TPSA) is 37.4 Å². The molecule has 1 unspecified atom stereocenters. The lowest BCUT2D eigenvalue weighted by molar-refractivity contribution is 0.291. The minimum atomic E-state index is -3.37. The Kier molecular flexibility index (Phi) is 4.42. The van der Waals surface area contributed by atoms with Gasteiger partial charge in [-0.15, -0.1) is 0 Å². The van der Waals surface area contributed by atoms with Crippen LogP contribution in [0.25, 0.3) is 0 Å². The maximum Gasteiger partial charge on any atom is 0.243 e. The van der Waals surface area contributed by atoms with Crippen molar-refractivity contribution in [2.45, 2.75) is 44.0 Å². The van der Waals surface area contributed by atoms with E-state index in [1.54, 1.807) is 16.4 Å². The standard InChI is InChI=1S/C15H21NO2S/c1-3-6-14-7-4-5-12-16(14)19(17,18)15-10-8-13(2)9-11-15/h3,6,8-11,14H,4-5,7,12H2,1-2H3/b6-3+. The SMILES string of the molecule is C/C=C/C1CCCCN1S(=O)(=O)c1ccc(C)cc1. The normalized spacial score (nSPS) is 21.9. The molecule has 1 aromatic carbocycles. The van der Waals surface area contributed by atoms with Crippen LogP contribution in [0.5, 0.6) is 0 Å². The van der Waals surface area contributed by atoms with Crippen molar-refractivity contribution in [2.75, 3.05) is 6.54 Å². The van der Waals surface area contributed by atoms with Crippen molar-refractivity contribution in [2.24, 2.45) is 0 Å². The molecule has 2 rings (SSSR count). The molecule has 1 aliphatic heterocycles. The molecule has 0 amide bonds. The van der Waals surface area contributed by atoms with Gasteiger partial charge in [0.25, 0.3) is 0 Å². The maximum atomic E-state index is 12.7. The molecule has 1 atom stereocenters. The lowest BCUT2D eigenvalue weighted by Gasteiger charge is -2.32. The summed E-state index contributed by atoms with van der Waals surface area (Å²) in [6.45, 7) is 4.51. The predicted octanol–water partition coefficient (Wildman–Crippen LogP) is 3.11. The van der Waals surface area contributed by atoms with Crippen molar-refractivity contribution in [3.8, 4) is 0 Å². The summed E-state index contributed by atoms with van der Waals surface area (Å²) in [6, 6.07) is 7.10. The first-order valence-electron chi connectivity index (χ1n) is 6.77. The Labute approximate surface area is 116 Å². The Hall–Kier alpha value is -1.13. The highest BCUT2D eigenvalue weighted by atomic mass is 32.2. The van der Waals surface area contributed by atoms with Crippen LogP contribution in [-0.4, -0.2) is 25.3 Å². The highest BCUT2D eigenvalue weighted by Crippen LogP contribution is 2.26. The Balaban J connectivity index is 2.34. The molecule has 0 saturated carbocycles. The third-order valence-corrected chi connectivity index (χ3v) is 5.48. The zero-order chi connectivity index (χ0) is 13.9. The number of nitrogens with zero attached hydrogens (tertiary/aromatic N) is 1. The second kappa shape index (κ2) is 5.88. The zero-order valence-electron chi connectivity index (χ0n) is 11.5. The third kappa shape index (κ3) is 3.07. The van der Waals surface area contributed by atoms with E-state index in [-0.39, 0.29) is 6.04 Å². The lowest BCUT2D eigenvalue weighted by atomic mass is 10.0. The van der Waals surface area contributed by atoms with Crippen LogP contribution >= 0.6 is 0 Å². The molecule has 19 heavy (non-hydrogen) atoms. The number of allylic oxidation sites excluding steroid dienone is 1. The summed E-state index contributed by atoms with van der Waals surface area (Å²) in [4.78, 5) is 0.398. The summed E-state index contributed by atoms with van der Waals surface area (Å²) >= 11 is 0. The van der Waals surface area contributed by atoms with E-state index in [1.807, 2.05) is 38.1 Å². The van der Waals surface area contributed by atoms with E-state index in [9.17, 15) is 8.42 Å². The maximum absolute atomic E-state index is 12.7. The van der Waals surface area contributed by atoms with Gasteiger partial charge < -0.3 is 0 Å². The van der Waals surface area contributed by atoms with Crippen LogP contribution in [0.4, 0.5) is 0 Å². The molecule has 104 valence electrons. The highest BCUT2D eigenvalue weighted by Gasteiger charge is 2.31. The van der Waals surface area contributed by atoms with Crippen molar-refractivity contribution in [1.29, 1.82) is 0 Å². The van der Waals surface area contributed by atoms with E-state index in [0.29, 0.717) is 11.4 Å². The molecule has 1 saturated heterocycles. The Morgan fingerprint density at radius 1 is 1.21 bits per heavy atom. The predicted molar refractivity (Wildman–Crippen MR) is 77.5 cm³/mol. The molecule has 0 N–H and O–H groups in total. The van der Waals surface area contributed by atoms with Gasteiger partial charge in [-0.3, -0.25) is 0 Å². The first kappa shape index (κ1) is 14.3. The molecule has 0 aliphatic carbocycles. The minimum absolute atomic E-state index is 0.00468. The van der Waals surface area contributed by atoms with E-state index < -0.39 is 10.0 Å². The molecule has 1 aliphatic rings. The number of hydrogen-bond acceptors (Lipinski definition) is 2. The van der Waals surface area contributed by atoms with Gasteiger partial charge in [0.2, 0.25) is 10.0 Å². The molecule has 3 nitrogen and oxygen atoms in total. The van der Waals surface area contributed by atoms with Crippen molar-refractivity contribution >= 4 is 10.0 Å². The first-order chi connectivity index (χ1) is 9.05. The molecule has 0 bridgehead atoms. The number of hydrogen-bond donors (Lipinski definition) is 0. The molecule has 1 aromatic rings. The monoisotopic (exact) mass is 279 g/mol. The van der Waals surface area contributed by atoms with Crippen LogP contribution in [0, 0.1) is 6.92 Å². The summed E-state index contributed by atoms with van der Waals surface area (Å²) in [5, 5.41) is 0. The Morgan fingerprint density at radius 3 is 2.53 bits per heavy atom. The average molecular weight is 279 g/mol. The van der Waals surface area contributed by atoms with Gasteiger partial charge in [-0.1, -0.05) is 36.3 Å². The summed E-state index contributed by atoms with van der Waals surface area (Å²) in [6.07, 6.45) is 6.88. The van der Waals surface area contributed by atoms with E-state index in [4.69, 9.17) is 0 Å². The van der Waals surface area contributed by atoms with E-state index >= 15 is 0 Å². The smallest absolute Gasteiger partial charge is 0.207 e. The average Bonchev–Trinajstić information content (AvgIpc) is 2.40. The first-order valence-corrected chi connectivity index (χ1v) is 8.21. The second-order valence-electron chi connectivity index (χ2n) is 5.02. The van der Waals surface area contributed by atoms with Gasteiger partial charge in [-0.05, 0) is 38.8 Å². The van der Waals surface area contributed by atoms with E-state index in [1.165, 1.54) is 0 Å². The van der Waals surface area contributed by atoms with Crippen molar-refractivity contribution in [3.05, 3.63) is 42.0 Å². The Morgan fingerprint density at radius 2 is 1.89 bits per heavy atom. The van der Waals surface area contributed by atoms with Gasteiger partial charge in [0.1, 0.15) is 0 Å². The quantitative estimate of drug-likeness (QED) is 0.797. The molecular formula is C15H21NO2S. The van der Waals surface area contributed by atoms with Gasteiger partial charge in [-0.2, -0.15) is 4.31 Å². The summed E-state index contributed by atoms with van der Waals surface area (Å²) in [5.74, 6) is 0. The van der Waals surface area contributed by atoms with Crippen LogP contribution < -0.4 is 0 Å². The fourth-order valence-corrected chi connectivity index (χ4v) is 4.14. The molecule has 1 heterocycles. The van der Waals surface area contributed by atoms with Gasteiger partial charge >= 0.3 is 0 Å². The van der Waals surface area contributed by atoms with Crippen LogP contribution in [0.3, 0.4) is 0 Å². The molecule has 1 fully saturated rings. The summed E-state index contributed by atoms with van der Waals surface area (Å²) < 4.78 is 27.0. The van der Waals surface area contributed by atoms with E-state index in [0.717, 1.165) is 24.8 Å². The van der Waals surface area contributed by atoms with Gasteiger partial charge in [0.15, 0.2) is 0 Å². The van der Waals surface area contributed by atoms with Crippen LogP contribution in [-0.2, 0) is 10.0 Å². The molecule has 0 aromatic heterocycles. The summed E-state index contributed by atoms with van der Waals surface area (Å²) in [7, 11) is -3.37. The molecule has 0 spiro atoms. The van der Waals surface area contributed by atoms with Crippen LogP contribution in [0.2, 0.25) is 0 Å². The summed E-state index contributed by atoms with van der Waals surface area (Å²) in [5.41, 5.74) is 1.07. The third-order valence-electron chi connectivity index (χ3n) is 3.54. The number of piperidine rings is 1. The number of benzene rings is 1. The highest BCUT2D eigenvalue weighted by molar-refractivity contribution is 7.89. The van der Waals surface area contributed by atoms with E-state index in [2.05, 4.69) is 0 Å². The van der Waals surface area contributed by atoms with Crippen molar-refractivity contribution < 1.29 is 8.42 Å². The van der Waals surface area contributed by atoms with Crippen molar-refractivity contribution in [1.82, 2.24) is 4.31 Å². The molecular weight excluding hydrogens is 258 g/mol. The Bertz CT molecular complexity index is 546. The second-order valence-corrected chi connectivity index (χ2v) is 6.91. The zero-order valence-corrected chi connectivity index (χ0v) is 12.4. The number of rotatable bonds is 3.